The summed E-state index contributed by atoms with van der Waals surface area (Å²) in [4.78, 5) is 27.4. The van der Waals surface area contributed by atoms with Gasteiger partial charge in [0.2, 0.25) is 0 Å². The molecule has 3 aromatic rings. The van der Waals surface area contributed by atoms with E-state index in [1.165, 1.54) is 24.1 Å². The molecule has 158 valence electrons. The number of carbonyl (C=O) groups is 2. The second kappa shape index (κ2) is 8.36. The number of aliphatic hydroxyl groups is 1. The van der Waals surface area contributed by atoms with Crippen molar-refractivity contribution >= 4 is 23.1 Å². The van der Waals surface area contributed by atoms with Crippen molar-refractivity contribution < 1.29 is 23.8 Å². The predicted molar refractivity (Wildman–Crippen MR) is 115 cm³/mol. The third kappa shape index (κ3) is 3.59. The fourth-order valence-corrected chi connectivity index (χ4v) is 3.66. The van der Waals surface area contributed by atoms with Crippen LogP contribution in [-0.2, 0) is 9.59 Å². The van der Waals surface area contributed by atoms with E-state index in [-0.39, 0.29) is 11.1 Å². The SMILES string of the molecule is COc1ccc(C2/C(=C(\O)c3ccc(F)cc3)C(=O)C(=O)N2c2ccc(C#N)cc2)cc1. The first-order valence-electron chi connectivity index (χ1n) is 9.65. The number of hydrogen-bond donors (Lipinski definition) is 1. The molecule has 0 aliphatic carbocycles. The standard InChI is InChI=1S/C25H17FN2O4/c1-32-20-12-6-16(7-13-20)22-21(23(29)17-4-8-18(26)9-5-17)24(30)25(31)28(22)19-10-2-15(14-27)3-11-19/h2-13,22,29H,1H3/b23-21+. The van der Waals surface area contributed by atoms with Gasteiger partial charge < -0.3 is 9.84 Å². The number of ketones is 1. The first-order chi connectivity index (χ1) is 15.4. The number of methoxy groups -OCH3 is 1. The number of hydrogen-bond acceptors (Lipinski definition) is 5. The molecule has 1 saturated heterocycles. The number of Topliss-reactive ketones (excluding diaryl/α,β-unsaturated/α-hetero) is 1. The van der Waals surface area contributed by atoms with Crippen molar-refractivity contribution in [3.05, 3.63) is 101 Å². The van der Waals surface area contributed by atoms with Crippen LogP contribution in [0.5, 0.6) is 5.75 Å². The minimum Gasteiger partial charge on any atom is -0.507 e. The average molecular weight is 428 g/mol. The van der Waals surface area contributed by atoms with E-state index < -0.39 is 29.3 Å². The van der Waals surface area contributed by atoms with Gasteiger partial charge in [-0.25, -0.2) is 4.39 Å². The minimum absolute atomic E-state index is 0.115. The fourth-order valence-electron chi connectivity index (χ4n) is 3.66. The van der Waals surface area contributed by atoms with Gasteiger partial charge in [-0.2, -0.15) is 5.26 Å². The molecule has 1 N–H and O–H groups in total. The van der Waals surface area contributed by atoms with Crippen molar-refractivity contribution in [2.45, 2.75) is 6.04 Å². The summed E-state index contributed by atoms with van der Waals surface area (Å²) >= 11 is 0. The summed E-state index contributed by atoms with van der Waals surface area (Å²) < 4.78 is 18.6. The van der Waals surface area contributed by atoms with E-state index in [1.807, 2.05) is 6.07 Å². The minimum atomic E-state index is -0.932. The number of halogens is 1. The quantitative estimate of drug-likeness (QED) is 0.379. The van der Waals surface area contributed by atoms with E-state index in [0.29, 0.717) is 22.6 Å². The van der Waals surface area contributed by atoms with Gasteiger partial charge in [0, 0.05) is 11.3 Å². The lowest BCUT2D eigenvalue weighted by molar-refractivity contribution is -0.132. The number of amides is 1. The van der Waals surface area contributed by atoms with Crippen molar-refractivity contribution in [3.63, 3.8) is 0 Å². The summed E-state index contributed by atoms with van der Waals surface area (Å²) in [6.45, 7) is 0. The van der Waals surface area contributed by atoms with Gasteiger partial charge in [0.25, 0.3) is 11.7 Å². The Kier molecular flexibility index (Phi) is 5.44. The highest BCUT2D eigenvalue weighted by atomic mass is 19.1. The highest BCUT2D eigenvalue weighted by Crippen LogP contribution is 2.42. The number of aliphatic hydroxyl groups excluding tert-OH is 1. The van der Waals surface area contributed by atoms with Crippen LogP contribution >= 0.6 is 0 Å². The lowest BCUT2D eigenvalue weighted by Gasteiger charge is -2.25. The molecule has 1 aliphatic rings. The van der Waals surface area contributed by atoms with Crippen molar-refractivity contribution in [1.29, 1.82) is 5.26 Å². The third-order valence-corrected chi connectivity index (χ3v) is 5.27. The van der Waals surface area contributed by atoms with Gasteiger partial charge in [0.1, 0.15) is 17.3 Å². The number of ether oxygens (including phenoxy) is 1. The molecule has 6 nitrogen and oxygen atoms in total. The van der Waals surface area contributed by atoms with Crippen LogP contribution in [0.25, 0.3) is 5.76 Å². The molecule has 0 saturated carbocycles. The maximum absolute atomic E-state index is 13.4. The molecule has 3 aromatic carbocycles. The van der Waals surface area contributed by atoms with Crippen LogP contribution in [0.4, 0.5) is 10.1 Å². The normalized spacial score (nSPS) is 17.3. The zero-order valence-corrected chi connectivity index (χ0v) is 16.9. The summed E-state index contributed by atoms with van der Waals surface area (Å²) in [6.07, 6.45) is 0. The predicted octanol–water partition coefficient (Wildman–Crippen LogP) is 4.33. The number of carbonyl (C=O) groups excluding carboxylic acids is 2. The summed E-state index contributed by atoms with van der Waals surface area (Å²) in [7, 11) is 1.52. The second-order valence-corrected chi connectivity index (χ2v) is 7.11. The molecule has 1 aliphatic heterocycles. The molecule has 0 bridgehead atoms. The van der Waals surface area contributed by atoms with Gasteiger partial charge in [-0.05, 0) is 66.2 Å². The Balaban J connectivity index is 1.91. The van der Waals surface area contributed by atoms with Crippen LogP contribution < -0.4 is 9.64 Å². The molecule has 4 rings (SSSR count). The van der Waals surface area contributed by atoms with Gasteiger partial charge in [0.15, 0.2) is 0 Å². The van der Waals surface area contributed by atoms with E-state index in [2.05, 4.69) is 0 Å². The average Bonchev–Trinajstić information content (AvgIpc) is 3.09. The van der Waals surface area contributed by atoms with Crippen LogP contribution in [0, 0.1) is 17.1 Å². The molecule has 32 heavy (non-hydrogen) atoms. The maximum atomic E-state index is 13.4. The lowest BCUT2D eigenvalue weighted by Crippen LogP contribution is -2.29. The van der Waals surface area contributed by atoms with E-state index in [0.717, 1.165) is 12.1 Å². The Labute approximate surface area is 183 Å². The van der Waals surface area contributed by atoms with Crippen LogP contribution in [0.1, 0.15) is 22.7 Å². The molecule has 1 fully saturated rings. The molecule has 1 amide bonds. The van der Waals surface area contributed by atoms with E-state index in [4.69, 9.17) is 10.00 Å². The summed E-state index contributed by atoms with van der Waals surface area (Å²) in [5, 5.41) is 20.0. The molecule has 1 unspecified atom stereocenters. The van der Waals surface area contributed by atoms with E-state index >= 15 is 0 Å². The van der Waals surface area contributed by atoms with Crippen LogP contribution in [0.15, 0.2) is 78.4 Å². The number of nitrogens with zero attached hydrogens (tertiary/aromatic N) is 2. The van der Waals surface area contributed by atoms with Crippen molar-refractivity contribution in [2.24, 2.45) is 0 Å². The first-order valence-corrected chi connectivity index (χ1v) is 9.65. The number of benzene rings is 3. The van der Waals surface area contributed by atoms with Crippen LogP contribution in [-0.4, -0.2) is 23.9 Å². The molecule has 0 aromatic heterocycles. The highest BCUT2D eigenvalue weighted by molar-refractivity contribution is 6.51. The van der Waals surface area contributed by atoms with Gasteiger partial charge in [-0.15, -0.1) is 0 Å². The van der Waals surface area contributed by atoms with Crippen molar-refractivity contribution in [1.82, 2.24) is 0 Å². The van der Waals surface area contributed by atoms with Gasteiger partial charge >= 0.3 is 0 Å². The number of anilines is 1. The van der Waals surface area contributed by atoms with Gasteiger partial charge in [0.05, 0.1) is 30.4 Å². The molecule has 1 heterocycles. The zero-order valence-electron chi connectivity index (χ0n) is 16.9. The molecular formula is C25H17FN2O4. The fraction of sp³-hybridized carbons (Fsp3) is 0.0800. The van der Waals surface area contributed by atoms with Crippen LogP contribution in [0.3, 0.4) is 0 Å². The largest absolute Gasteiger partial charge is 0.507 e. The Bertz CT molecular complexity index is 1260. The summed E-state index contributed by atoms with van der Waals surface area (Å²) in [5.74, 6) is -1.99. The topological polar surface area (TPSA) is 90.6 Å². The smallest absolute Gasteiger partial charge is 0.300 e. The maximum Gasteiger partial charge on any atom is 0.300 e. The summed E-state index contributed by atoms with van der Waals surface area (Å²) in [5.41, 5.74) is 1.46. The molecule has 7 heteroatoms. The lowest BCUT2D eigenvalue weighted by atomic mass is 9.95. The number of rotatable bonds is 4. The Morgan fingerprint density at radius 3 is 2.19 bits per heavy atom. The van der Waals surface area contributed by atoms with Gasteiger partial charge in [-0.1, -0.05) is 12.1 Å². The Morgan fingerprint density at radius 1 is 1.00 bits per heavy atom. The first kappa shape index (κ1) is 20.8. The molecule has 1 atom stereocenters. The van der Waals surface area contributed by atoms with Crippen molar-refractivity contribution in [2.75, 3.05) is 12.0 Å². The second-order valence-electron chi connectivity index (χ2n) is 7.11. The zero-order chi connectivity index (χ0) is 22.8. The monoisotopic (exact) mass is 428 g/mol. The van der Waals surface area contributed by atoms with Crippen molar-refractivity contribution in [3.8, 4) is 11.8 Å². The molecule has 0 spiro atoms. The van der Waals surface area contributed by atoms with Crippen LogP contribution in [0.2, 0.25) is 0 Å². The highest BCUT2D eigenvalue weighted by Gasteiger charge is 2.46. The van der Waals surface area contributed by atoms with Gasteiger partial charge in [-0.3, -0.25) is 14.5 Å². The number of nitriles is 1. The Hall–Kier alpha value is -4.44. The van der Waals surface area contributed by atoms with E-state index in [9.17, 15) is 19.1 Å². The molecular weight excluding hydrogens is 411 g/mol. The molecule has 0 radical (unpaired) electrons. The Morgan fingerprint density at radius 2 is 1.62 bits per heavy atom. The third-order valence-electron chi connectivity index (χ3n) is 5.27. The summed E-state index contributed by atoms with van der Waals surface area (Å²) in [6, 6.07) is 19.1. The van der Waals surface area contributed by atoms with E-state index in [1.54, 1.807) is 48.5 Å².